The van der Waals surface area contributed by atoms with Crippen molar-refractivity contribution in [3.05, 3.63) is 29.3 Å². The molecular formula is C9H10Cl2N5O+. The minimum absolute atomic E-state index is 0.0207. The molecule has 0 N–H and O–H groups in total. The van der Waals surface area contributed by atoms with E-state index >= 15 is 0 Å². The fourth-order valence-electron chi connectivity index (χ4n) is 1.25. The minimum atomic E-state index is 0.0207. The Morgan fingerprint density at radius 3 is 2.59 bits per heavy atom. The van der Waals surface area contributed by atoms with Crippen molar-refractivity contribution >= 4 is 23.2 Å². The van der Waals surface area contributed by atoms with Gasteiger partial charge in [0.1, 0.15) is 25.5 Å². The van der Waals surface area contributed by atoms with Gasteiger partial charge in [0.05, 0.1) is 7.05 Å². The standard InChI is InChI=1S/C9H10Cl2N5O/c1-15-2-3-16(6-15)4-5-17-9-13-7(10)12-8(11)14-9/h2-3,6H,4-5H2,1H3/q+1. The maximum atomic E-state index is 5.61. The second-order valence-corrected chi connectivity index (χ2v) is 4.00. The van der Waals surface area contributed by atoms with Crippen LogP contribution in [0.25, 0.3) is 0 Å². The first-order valence-corrected chi connectivity index (χ1v) is 5.60. The SMILES string of the molecule is C[n+]1ccn(CCOc2nc(Cl)nc(Cl)n2)c1. The van der Waals surface area contributed by atoms with Crippen molar-refractivity contribution in [2.24, 2.45) is 7.05 Å². The first-order valence-electron chi connectivity index (χ1n) is 4.84. The average Bonchev–Trinajstić information content (AvgIpc) is 2.63. The van der Waals surface area contributed by atoms with Crippen LogP contribution in [0.3, 0.4) is 0 Å². The molecule has 0 spiro atoms. The van der Waals surface area contributed by atoms with E-state index in [2.05, 4.69) is 15.0 Å². The summed E-state index contributed by atoms with van der Waals surface area (Å²) in [6.45, 7) is 1.10. The molecule has 0 saturated heterocycles. The Morgan fingerprint density at radius 2 is 2.00 bits per heavy atom. The Hall–Kier alpha value is -1.40. The molecule has 2 aromatic rings. The molecule has 0 aromatic carbocycles. The van der Waals surface area contributed by atoms with E-state index in [4.69, 9.17) is 27.9 Å². The van der Waals surface area contributed by atoms with Crippen LogP contribution in [-0.2, 0) is 13.6 Å². The van der Waals surface area contributed by atoms with Gasteiger partial charge in [-0.1, -0.05) is 0 Å². The predicted molar refractivity (Wildman–Crippen MR) is 61.0 cm³/mol. The highest BCUT2D eigenvalue weighted by Crippen LogP contribution is 2.11. The van der Waals surface area contributed by atoms with Crippen molar-refractivity contribution in [1.29, 1.82) is 0 Å². The average molecular weight is 275 g/mol. The summed E-state index contributed by atoms with van der Waals surface area (Å²) in [7, 11) is 1.95. The Labute approximate surface area is 108 Å². The van der Waals surface area contributed by atoms with E-state index in [1.807, 2.05) is 34.9 Å². The van der Waals surface area contributed by atoms with Crippen LogP contribution in [0, 0.1) is 0 Å². The zero-order valence-electron chi connectivity index (χ0n) is 9.05. The number of imidazole rings is 1. The lowest BCUT2D eigenvalue weighted by atomic mass is 10.6. The molecule has 0 amide bonds. The Morgan fingerprint density at radius 1 is 1.29 bits per heavy atom. The molecule has 8 heteroatoms. The topological polar surface area (TPSA) is 56.7 Å². The van der Waals surface area contributed by atoms with E-state index < -0.39 is 0 Å². The quantitative estimate of drug-likeness (QED) is 0.777. The molecule has 2 heterocycles. The Bertz CT molecular complexity index is 496. The van der Waals surface area contributed by atoms with Crippen molar-refractivity contribution in [3.8, 4) is 6.01 Å². The molecular weight excluding hydrogens is 265 g/mol. The molecule has 2 aromatic heterocycles. The smallest absolute Gasteiger partial charge is 0.322 e. The lowest BCUT2D eigenvalue weighted by molar-refractivity contribution is -0.671. The first kappa shape index (κ1) is 12.1. The highest BCUT2D eigenvalue weighted by atomic mass is 35.5. The summed E-state index contributed by atoms with van der Waals surface area (Å²) in [5.41, 5.74) is 0. The fraction of sp³-hybridized carbons (Fsp3) is 0.333. The van der Waals surface area contributed by atoms with Gasteiger partial charge in [-0.05, 0) is 23.2 Å². The lowest BCUT2D eigenvalue weighted by Gasteiger charge is -2.02. The van der Waals surface area contributed by atoms with Gasteiger partial charge in [-0.15, -0.1) is 0 Å². The highest BCUT2D eigenvalue weighted by Gasteiger charge is 2.05. The molecule has 2 rings (SSSR count). The van der Waals surface area contributed by atoms with E-state index in [1.54, 1.807) is 0 Å². The molecule has 0 radical (unpaired) electrons. The molecule has 0 aliphatic carbocycles. The third kappa shape index (κ3) is 3.54. The highest BCUT2D eigenvalue weighted by molar-refractivity contribution is 6.31. The normalized spacial score (nSPS) is 10.5. The maximum Gasteiger partial charge on any atom is 0.322 e. The largest absolute Gasteiger partial charge is 0.459 e. The molecule has 0 saturated carbocycles. The fourth-order valence-corrected chi connectivity index (χ4v) is 1.60. The number of aromatic nitrogens is 5. The molecule has 0 unspecified atom stereocenters. The van der Waals surface area contributed by atoms with Gasteiger partial charge in [0.25, 0.3) is 0 Å². The van der Waals surface area contributed by atoms with Gasteiger partial charge < -0.3 is 4.74 Å². The molecule has 6 nitrogen and oxygen atoms in total. The number of hydrogen-bond donors (Lipinski definition) is 0. The monoisotopic (exact) mass is 274 g/mol. The lowest BCUT2D eigenvalue weighted by Crippen LogP contribution is -2.24. The summed E-state index contributed by atoms with van der Waals surface area (Å²) >= 11 is 11.2. The van der Waals surface area contributed by atoms with Gasteiger partial charge in [0.2, 0.25) is 16.9 Å². The molecule has 0 aliphatic rings. The van der Waals surface area contributed by atoms with Gasteiger partial charge in [0.15, 0.2) is 0 Å². The van der Waals surface area contributed by atoms with Crippen LogP contribution in [0.4, 0.5) is 0 Å². The zero-order valence-corrected chi connectivity index (χ0v) is 10.6. The van der Waals surface area contributed by atoms with Crippen LogP contribution < -0.4 is 9.30 Å². The minimum Gasteiger partial charge on any atom is -0.459 e. The molecule has 90 valence electrons. The number of aryl methyl sites for hydroxylation is 1. The number of halogens is 2. The summed E-state index contributed by atoms with van der Waals surface area (Å²) < 4.78 is 9.24. The van der Waals surface area contributed by atoms with Gasteiger partial charge in [0, 0.05) is 0 Å². The van der Waals surface area contributed by atoms with Crippen LogP contribution >= 0.6 is 23.2 Å². The van der Waals surface area contributed by atoms with Crippen LogP contribution in [0.1, 0.15) is 0 Å². The number of ether oxygens (including phenoxy) is 1. The Balaban J connectivity index is 1.89. The molecule has 0 fully saturated rings. The number of hydrogen-bond acceptors (Lipinski definition) is 4. The van der Waals surface area contributed by atoms with Crippen molar-refractivity contribution in [2.75, 3.05) is 6.61 Å². The second-order valence-electron chi connectivity index (χ2n) is 3.32. The van der Waals surface area contributed by atoms with E-state index in [0.29, 0.717) is 13.2 Å². The van der Waals surface area contributed by atoms with E-state index in [0.717, 1.165) is 0 Å². The van der Waals surface area contributed by atoms with Crippen molar-refractivity contribution in [3.63, 3.8) is 0 Å². The Kier molecular flexibility index (Phi) is 3.75. The molecule has 0 atom stereocenters. The van der Waals surface area contributed by atoms with Gasteiger partial charge >= 0.3 is 6.01 Å². The summed E-state index contributed by atoms with van der Waals surface area (Å²) in [5.74, 6) is 0. The van der Waals surface area contributed by atoms with Crippen LogP contribution in [0.15, 0.2) is 18.7 Å². The summed E-state index contributed by atoms with van der Waals surface area (Å²) in [6.07, 6.45) is 5.82. The van der Waals surface area contributed by atoms with Crippen molar-refractivity contribution in [1.82, 2.24) is 19.5 Å². The third-order valence-electron chi connectivity index (χ3n) is 1.96. The number of rotatable bonds is 4. The molecule has 17 heavy (non-hydrogen) atoms. The van der Waals surface area contributed by atoms with Crippen molar-refractivity contribution in [2.45, 2.75) is 6.54 Å². The van der Waals surface area contributed by atoms with Crippen LogP contribution in [-0.4, -0.2) is 26.1 Å². The zero-order chi connectivity index (χ0) is 12.3. The third-order valence-corrected chi connectivity index (χ3v) is 2.30. The second kappa shape index (κ2) is 5.29. The summed E-state index contributed by atoms with van der Waals surface area (Å²) in [4.78, 5) is 11.2. The van der Waals surface area contributed by atoms with E-state index in [-0.39, 0.29) is 16.6 Å². The van der Waals surface area contributed by atoms with Crippen molar-refractivity contribution < 1.29 is 9.30 Å². The summed E-state index contributed by atoms with van der Waals surface area (Å²) in [6, 6.07) is 0.131. The van der Waals surface area contributed by atoms with Gasteiger partial charge in [-0.3, -0.25) is 0 Å². The van der Waals surface area contributed by atoms with E-state index in [1.165, 1.54) is 0 Å². The van der Waals surface area contributed by atoms with Crippen LogP contribution in [0.5, 0.6) is 6.01 Å². The first-order chi connectivity index (χ1) is 8.13. The summed E-state index contributed by atoms with van der Waals surface area (Å²) in [5, 5.41) is 0.0414. The molecule has 0 bridgehead atoms. The van der Waals surface area contributed by atoms with Crippen LogP contribution in [0.2, 0.25) is 10.6 Å². The molecule has 0 aliphatic heterocycles. The van der Waals surface area contributed by atoms with Gasteiger partial charge in [-0.25, -0.2) is 9.13 Å². The van der Waals surface area contributed by atoms with Gasteiger partial charge in [-0.2, -0.15) is 15.0 Å². The number of nitrogens with zero attached hydrogens (tertiary/aromatic N) is 5. The maximum absolute atomic E-state index is 5.61. The van der Waals surface area contributed by atoms with E-state index in [9.17, 15) is 0 Å². The predicted octanol–water partition coefficient (Wildman–Crippen LogP) is 0.883.